The van der Waals surface area contributed by atoms with Crippen molar-refractivity contribution in [3.63, 3.8) is 0 Å². The Hall–Kier alpha value is -1.71. The van der Waals surface area contributed by atoms with Crippen molar-refractivity contribution in [1.82, 2.24) is 0 Å². The Labute approximate surface area is 114 Å². The van der Waals surface area contributed by atoms with Crippen molar-refractivity contribution in [2.24, 2.45) is 5.41 Å². The van der Waals surface area contributed by atoms with E-state index in [1.807, 2.05) is 37.8 Å². The number of fused-ring (bicyclic) bond motifs is 1. The van der Waals surface area contributed by atoms with Crippen LogP contribution < -0.4 is 15.4 Å². The van der Waals surface area contributed by atoms with Gasteiger partial charge in [0.2, 0.25) is 5.91 Å². The molecule has 4 nitrogen and oxygen atoms in total. The van der Waals surface area contributed by atoms with E-state index < -0.39 is 0 Å². The van der Waals surface area contributed by atoms with Gasteiger partial charge in [0.05, 0.1) is 18.5 Å². The fraction of sp³-hybridized carbons (Fsp3) is 0.533. The Morgan fingerprint density at radius 1 is 1.42 bits per heavy atom. The zero-order valence-electron chi connectivity index (χ0n) is 12.1. The molecule has 1 aliphatic rings. The third-order valence-electron chi connectivity index (χ3n) is 3.90. The molecule has 0 aromatic heterocycles. The molecule has 0 spiro atoms. The van der Waals surface area contributed by atoms with Crippen molar-refractivity contribution < 1.29 is 9.53 Å². The van der Waals surface area contributed by atoms with Crippen LogP contribution in [0.1, 0.15) is 32.8 Å². The van der Waals surface area contributed by atoms with Gasteiger partial charge in [-0.1, -0.05) is 13.8 Å². The number of hydrogen-bond donors (Lipinski definition) is 1. The molecule has 4 heteroatoms. The van der Waals surface area contributed by atoms with Crippen LogP contribution in [0.3, 0.4) is 0 Å². The molecular weight excluding hydrogens is 240 g/mol. The molecule has 0 atom stereocenters. The minimum absolute atomic E-state index is 0.167. The van der Waals surface area contributed by atoms with Crippen molar-refractivity contribution in [2.45, 2.75) is 33.6 Å². The van der Waals surface area contributed by atoms with Crippen molar-refractivity contribution in [1.29, 1.82) is 0 Å². The topological polar surface area (TPSA) is 55.6 Å². The van der Waals surface area contributed by atoms with E-state index in [9.17, 15) is 4.79 Å². The summed E-state index contributed by atoms with van der Waals surface area (Å²) in [5.74, 6) is 0.877. The Morgan fingerprint density at radius 2 is 2.11 bits per heavy atom. The molecule has 0 aliphatic carbocycles. The van der Waals surface area contributed by atoms with Crippen molar-refractivity contribution in [2.75, 3.05) is 24.3 Å². The molecule has 1 amide bonds. The number of ether oxygens (including phenoxy) is 1. The number of rotatable bonds is 2. The lowest BCUT2D eigenvalue weighted by molar-refractivity contribution is -0.126. The van der Waals surface area contributed by atoms with Gasteiger partial charge in [0, 0.05) is 17.5 Å². The summed E-state index contributed by atoms with van der Waals surface area (Å²) >= 11 is 0. The minimum atomic E-state index is -0.352. The summed E-state index contributed by atoms with van der Waals surface area (Å²) in [6.07, 6.45) is 1.61. The monoisotopic (exact) mass is 262 g/mol. The summed E-state index contributed by atoms with van der Waals surface area (Å²) in [7, 11) is 1.63. The number of anilines is 2. The second kappa shape index (κ2) is 4.76. The van der Waals surface area contributed by atoms with Crippen LogP contribution in [0.15, 0.2) is 12.1 Å². The first-order valence-electron chi connectivity index (χ1n) is 6.69. The van der Waals surface area contributed by atoms with E-state index in [0.717, 1.165) is 24.1 Å². The Morgan fingerprint density at radius 3 is 2.68 bits per heavy atom. The van der Waals surface area contributed by atoms with Crippen LogP contribution >= 0.6 is 0 Å². The number of hydrogen-bond acceptors (Lipinski definition) is 3. The van der Waals surface area contributed by atoms with Crippen LogP contribution in [0.2, 0.25) is 0 Å². The normalized spacial score (nSPS) is 17.9. The van der Waals surface area contributed by atoms with Gasteiger partial charge in [-0.05, 0) is 31.9 Å². The number of nitrogens with zero attached hydrogens (tertiary/aromatic N) is 1. The fourth-order valence-electron chi connectivity index (χ4n) is 2.70. The second-order valence-corrected chi connectivity index (χ2v) is 5.62. The number of carbonyl (C=O) groups is 1. The predicted molar refractivity (Wildman–Crippen MR) is 77.5 cm³/mol. The summed E-state index contributed by atoms with van der Waals surface area (Å²) in [5.41, 5.74) is 8.22. The summed E-state index contributed by atoms with van der Waals surface area (Å²) < 4.78 is 5.43. The number of amides is 1. The highest BCUT2D eigenvalue weighted by molar-refractivity contribution is 5.99. The lowest BCUT2D eigenvalue weighted by Gasteiger charge is -2.28. The molecule has 1 aromatic rings. The highest BCUT2D eigenvalue weighted by atomic mass is 16.5. The molecule has 1 aliphatic heterocycles. The first-order chi connectivity index (χ1) is 8.92. The molecule has 0 saturated carbocycles. The van der Waals surface area contributed by atoms with Crippen molar-refractivity contribution in [3.05, 3.63) is 17.7 Å². The standard InChI is InChI=1S/C15H22N2O2/c1-5-17-12-7-6-11(16)13(19-4)10(12)8-9-15(2,3)14(17)18/h6-7H,5,8-9,16H2,1-4H3. The van der Waals surface area contributed by atoms with Crippen LogP contribution in [-0.2, 0) is 11.2 Å². The van der Waals surface area contributed by atoms with Gasteiger partial charge in [-0.15, -0.1) is 0 Å². The summed E-state index contributed by atoms with van der Waals surface area (Å²) in [4.78, 5) is 14.4. The minimum Gasteiger partial charge on any atom is -0.494 e. The van der Waals surface area contributed by atoms with E-state index in [2.05, 4.69) is 0 Å². The molecule has 2 N–H and O–H groups in total. The van der Waals surface area contributed by atoms with Crippen LogP contribution in [-0.4, -0.2) is 19.6 Å². The van der Waals surface area contributed by atoms with Gasteiger partial charge in [0.1, 0.15) is 5.75 Å². The highest BCUT2D eigenvalue weighted by Gasteiger charge is 2.36. The van der Waals surface area contributed by atoms with Gasteiger partial charge < -0.3 is 15.4 Å². The zero-order chi connectivity index (χ0) is 14.2. The molecule has 0 bridgehead atoms. The Bertz CT molecular complexity index is 509. The maximum absolute atomic E-state index is 12.6. The first-order valence-corrected chi connectivity index (χ1v) is 6.69. The molecule has 2 rings (SSSR count). The summed E-state index contributed by atoms with van der Waals surface area (Å²) in [6.45, 7) is 6.65. The number of methoxy groups -OCH3 is 1. The zero-order valence-corrected chi connectivity index (χ0v) is 12.1. The van der Waals surface area contributed by atoms with Crippen LogP contribution in [0.25, 0.3) is 0 Å². The van der Waals surface area contributed by atoms with Crippen LogP contribution in [0.4, 0.5) is 11.4 Å². The number of carbonyl (C=O) groups excluding carboxylic acids is 1. The lowest BCUT2D eigenvalue weighted by atomic mass is 9.86. The quantitative estimate of drug-likeness (QED) is 0.833. The first kappa shape index (κ1) is 13.7. The van der Waals surface area contributed by atoms with E-state index >= 15 is 0 Å². The van der Waals surface area contributed by atoms with E-state index in [4.69, 9.17) is 10.5 Å². The molecule has 0 fully saturated rings. The Kier molecular flexibility index (Phi) is 3.43. The third-order valence-corrected chi connectivity index (χ3v) is 3.90. The fourth-order valence-corrected chi connectivity index (χ4v) is 2.70. The largest absolute Gasteiger partial charge is 0.494 e. The highest BCUT2D eigenvalue weighted by Crippen LogP contribution is 2.41. The molecular formula is C15H22N2O2. The van der Waals surface area contributed by atoms with Gasteiger partial charge >= 0.3 is 0 Å². The average Bonchev–Trinajstić information content (AvgIpc) is 2.47. The lowest BCUT2D eigenvalue weighted by Crippen LogP contribution is -2.39. The van der Waals surface area contributed by atoms with E-state index in [1.54, 1.807) is 7.11 Å². The van der Waals surface area contributed by atoms with Gasteiger partial charge in [-0.25, -0.2) is 0 Å². The predicted octanol–water partition coefficient (Wildman–Crippen LogP) is 2.60. The number of nitrogens with two attached hydrogens (primary N) is 1. The van der Waals surface area contributed by atoms with Gasteiger partial charge in [0.15, 0.2) is 0 Å². The summed E-state index contributed by atoms with van der Waals surface area (Å²) in [6, 6.07) is 3.74. The van der Waals surface area contributed by atoms with E-state index in [1.165, 1.54) is 0 Å². The van der Waals surface area contributed by atoms with Crippen LogP contribution in [0.5, 0.6) is 5.75 Å². The maximum Gasteiger partial charge on any atom is 0.232 e. The van der Waals surface area contributed by atoms with E-state index in [0.29, 0.717) is 18.0 Å². The molecule has 0 radical (unpaired) electrons. The average molecular weight is 262 g/mol. The summed E-state index contributed by atoms with van der Waals surface area (Å²) in [5, 5.41) is 0. The van der Waals surface area contributed by atoms with Gasteiger partial charge in [-0.3, -0.25) is 4.79 Å². The molecule has 104 valence electrons. The van der Waals surface area contributed by atoms with Crippen molar-refractivity contribution >= 4 is 17.3 Å². The molecule has 1 heterocycles. The van der Waals surface area contributed by atoms with Gasteiger partial charge in [-0.2, -0.15) is 0 Å². The number of benzene rings is 1. The molecule has 19 heavy (non-hydrogen) atoms. The third kappa shape index (κ3) is 2.15. The second-order valence-electron chi connectivity index (χ2n) is 5.62. The SMILES string of the molecule is CCN1C(=O)C(C)(C)CCc2c1ccc(N)c2OC. The van der Waals surface area contributed by atoms with Crippen LogP contribution in [0, 0.1) is 5.41 Å². The molecule has 0 saturated heterocycles. The van der Waals surface area contributed by atoms with Gasteiger partial charge in [0.25, 0.3) is 0 Å². The van der Waals surface area contributed by atoms with E-state index in [-0.39, 0.29) is 11.3 Å². The number of nitrogen functional groups attached to an aromatic ring is 1. The Balaban J connectivity index is 2.62. The molecule has 0 unspecified atom stereocenters. The molecule has 1 aromatic carbocycles. The smallest absolute Gasteiger partial charge is 0.232 e. The van der Waals surface area contributed by atoms with Crippen molar-refractivity contribution in [3.8, 4) is 5.75 Å². The maximum atomic E-state index is 12.6.